The molecule has 1 aromatic carbocycles. The summed E-state index contributed by atoms with van der Waals surface area (Å²) < 4.78 is 5.67. The van der Waals surface area contributed by atoms with Gasteiger partial charge in [-0.1, -0.05) is 31.5 Å². The summed E-state index contributed by atoms with van der Waals surface area (Å²) in [5.41, 5.74) is 1.98. The number of thiophene rings is 1. The molecule has 106 valence electrons. The van der Waals surface area contributed by atoms with Crippen molar-refractivity contribution in [3.05, 3.63) is 50.7 Å². The number of carbonyl (C=O) groups is 1. The van der Waals surface area contributed by atoms with Crippen LogP contribution in [0.1, 0.15) is 40.6 Å². The van der Waals surface area contributed by atoms with Crippen molar-refractivity contribution in [1.29, 1.82) is 0 Å². The Bertz CT molecular complexity index is 603. The van der Waals surface area contributed by atoms with Gasteiger partial charge in [0.25, 0.3) is 0 Å². The fourth-order valence-electron chi connectivity index (χ4n) is 1.92. The van der Waals surface area contributed by atoms with Gasteiger partial charge in [0.15, 0.2) is 6.61 Å². The Labute approximate surface area is 128 Å². The van der Waals surface area contributed by atoms with E-state index in [1.165, 1.54) is 11.3 Å². The van der Waals surface area contributed by atoms with E-state index in [0.29, 0.717) is 5.92 Å². The molecule has 0 saturated carbocycles. The van der Waals surface area contributed by atoms with Gasteiger partial charge in [-0.25, -0.2) is 0 Å². The SMILES string of the molecule is Cc1cc(Cl)c(C(C)C)cc1OCC(=O)c1cccs1. The summed E-state index contributed by atoms with van der Waals surface area (Å²) in [4.78, 5) is 12.7. The minimum Gasteiger partial charge on any atom is -0.485 e. The normalized spacial score (nSPS) is 10.8. The zero-order chi connectivity index (χ0) is 14.7. The number of ether oxygens (including phenoxy) is 1. The lowest BCUT2D eigenvalue weighted by Gasteiger charge is -2.14. The minimum atomic E-state index is 0.000414. The Morgan fingerprint density at radius 3 is 2.75 bits per heavy atom. The van der Waals surface area contributed by atoms with Gasteiger partial charge in [0, 0.05) is 5.02 Å². The van der Waals surface area contributed by atoms with Crippen LogP contribution in [-0.2, 0) is 0 Å². The van der Waals surface area contributed by atoms with Crippen LogP contribution in [0.5, 0.6) is 5.75 Å². The zero-order valence-electron chi connectivity index (χ0n) is 11.8. The third kappa shape index (κ3) is 3.41. The van der Waals surface area contributed by atoms with Crippen LogP contribution in [0, 0.1) is 6.92 Å². The lowest BCUT2D eigenvalue weighted by molar-refractivity contribution is 0.0925. The van der Waals surface area contributed by atoms with Crippen molar-refractivity contribution in [3.8, 4) is 5.75 Å². The highest BCUT2D eigenvalue weighted by Crippen LogP contribution is 2.31. The summed E-state index contributed by atoms with van der Waals surface area (Å²) in [7, 11) is 0. The number of halogens is 1. The maximum atomic E-state index is 11.9. The molecular weight excluding hydrogens is 292 g/mol. The van der Waals surface area contributed by atoms with E-state index >= 15 is 0 Å². The van der Waals surface area contributed by atoms with E-state index in [4.69, 9.17) is 16.3 Å². The van der Waals surface area contributed by atoms with Gasteiger partial charge in [0.05, 0.1) is 4.88 Å². The van der Waals surface area contributed by atoms with Crippen molar-refractivity contribution in [1.82, 2.24) is 0 Å². The zero-order valence-corrected chi connectivity index (χ0v) is 13.3. The van der Waals surface area contributed by atoms with E-state index in [1.54, 1.807) is 0 Å². The largest absolute Gasteiger partial charge is 0.485 e. The molecular formula is C16H17ClO2S. The number of hydrogen-bond acceptors (Lipinski definition) is 3. The second-order valence-electron chi connectivity index (χ2n) is 4.98. The molecule has 0 aliphatic rings. The van der Waals surface area contributed by atoms with Gasteiger partial charge in [-0.3, -0.25) is 4.79 Å². The predicted octanol–water partition coefficient (Wildman–Crippen LogP) is 5.10. The lowest BCUT2D eigenvalue weighted by atomic mass is 10.0. The lowest BCUT2D eigenvalue weighted by Crippen LogP contribution is -2.11. The average molecular weight is 309 g/mol. The van der Waals surface area contributed by atoms with E-state index in [-0.39, 0.29) is 12.4 Å². The van der Waals surface area contributed by atoms with Crippen LogP contribution >= 0.6 is 22.9 Å². The molecule has 0 spiro atoms. The van der Waals surface area contributed by atoms with Crippen LogP contribution < -0.4 is 4.74 Å². The van der Waals surface area contributed by atoms with Crippen LogP contribution in [0.4, 0.5) is 0 Å². The molecule has 0 amide bonds. The highest BCUT2D eigenvalue weighted by molar-refractivity contribution is 7.12. The first-order valence-corrected chi connectivity index (χ1v) is 7.74. The quantitative estimate of drug-likeness (QED) is 0.719. The van der Waals surface area contributed by atoms with Gasteiger partial charge >= 0.3 is 0 Å². The topological polar surface area (TPSA) is 26.3 Å². The number of aryl methyl sites for hydroxylation is 1. The van der Waals surface area contributed by atoms with E-state index in [1.807, 2.05) is 36.6 Å². The smallest absolute Gasteiger partial charge is 0.210 e. The molecule has 0 unspecified atom stereocenters. The van der Waals surface area contributed by atoms with Gasteiger partial charge in [0.1, 0.15) is 5.75 Å². The highest BCUT2D eigenvalue weighted by atomic mass is 35.5. The maximum absolute atomic E-state index is 11.9. The monoisotopic (exact) mass is 308 g/mol. The molecule has 0 aliphatic carbocycles. The van der Waals surface area contributed by atoms with Gasteiger partial charge in [-0.2, -0.15) is 0 Å². The Kier molecular flexibility index (Phi) is 4.84. The second kappa shape index (κ2) is 6.42. The number of Topliss-reactive ketones (excluding diaryl/α,β-unsaturated/α-hetero) is 1. The third-order valence-electron chi connectivity index (χ3n) is 3.07. The van der Waals surface area contributed by atoms with Crippen LogP contribution in [0.15, 0.2) is 29.6 Å². The van der Waals surface area contributed by atoms with Crippen molar-refractivity contribution in [2.45, 2.75) is 26.7 Å². The Morgan fingerprint density at radius 1 is 1.40 bits per heavy atom. The fourth-order valence-corrected chi connectivity index (χ4v) is 3.01. The number of ketones is 1. The first-order chi connectivity index (χ1) is 9.49. The Hall–Kier alpha value is -1.32. The molecule has 0 N–H and O–H groups in total. The van der Waals surface area contributed by atoms with Crippen LogP contribution in [0.2, 0.25) is 5.02 Å². The molecule has 0 saturated heterocycles. The maximum Gasteiger partial charge on any atom is 0.210 e. The van der Waals surface area contributed by atoms with E-state index in [0.717, 1.165) is 26.8 Å². The van der Waals surface area contributed by atoms with Crippen molar-refractivity contribution >= 4 is 28.7 Å². The van der Waals surface area contributed by atoms with Gasteiger partial charge in [-0.15, -0.1) is 11.3 Å². The first-order valence-electron chi connectivity index (χ1n) is 6.48. The van der Waals surface area contributed by atoms with Gasteiger partial charge in [-0.05, 0) is 47.5 Å². The van der Waals surface area contributed by atoms with E-state index in [2.05, 4.69) is 13.8 Å². The summed E-state index contributed by atoms with van der Waals surface area (Å²) in [6.07, 6.45) is 0. The predicted molar refractivity (Wildman–Crippen MR) is 84.4 cm³/mol. The molecule has 20 heavy (non-hydrogen) atoms. The van der Waals surface area contributed by atoms with Gasteiger partial charge < -0.3 is 4.74 Å². The molecule has 0 bridgehead atoms. The first kappa shape index (κ1) is 15.1. The Morgan fingerprint density at radius 2 is 2.15 bits per heavy atom. The van der Waals surface area contributed by atoms with Crippen molar-refractivity contribution < 1.29 is 9.53 Å². The molecule has 2 rings (SSSR count). The summed E-state index contributed by atoms with van der Waals surface area (Å²) in [5, 5.41) is 2.63. The molecule has 0 aliphatic heterocycles. The molecule has 4 heteroatoms. The molecule has 1 heterocycles. The Balaban J connectivity index is 2.13. The van der Waals surface area contributed by atoms with E-state index in [9.17, 15) is 4.79 Å². The molecule has 2 nitrogen and oxygen atoms in total. The standard InChI is InChI=1S/C16H17ClO2S/c1-10(2)12-8-15(11(3)7-13(12)17)19-9-14(18)16-5-4-6-20-16/h4-8,10H,9H2,1-3H3. The van der Waals surface area contributed by atoms with Crippen molar-refractivity contribution in [2.24, 2.45) is 0 Å². The van der Waals surface area contributed by atoms with Crippen LogP contribution in [0.25, 0.3) is 0 Å². The summed E-state index contributed by atoms with van der Waals surface area (Å²) in [6.45, 7) is 6.15. The summed E-state index contributed by atoms with van der Waals surface area (Å²) in [5.74, 6) is 1.04. The summed E-state index contributed by atoms with van der Waals surface area (Å²) in [6, 6.07) is 7.50. The van der Waals surface area contributed by atoms with Gasteiger partial charge in [0.2, 0.25) is 5.78 Å². The average Bonchev–Trinajstić information content (AvgIpc) is 2.90. The molecule has 0 radical (unpaired) electrons. The second-order valence-corrected chi connectivity index (χ2v) is 6.34. The number of benzene rings is 1. The number of rotatable bonds is 5. The highest BCUT2D eigenvalue weighted by Gasteiger charge is 2.12. The van der Waals surface area contributed by atoms with Crippen molar-refractivity contribution in [3.63, 3.8) is 0 Å². The molecule has 1 aromatic heterocycles. The fraction of sp³-hybridized carbons (Fsp3) is 0.312. The third-order valence-corrected chi connectivity index (χ3v) is 4.31. The molecule has 0 atom stereocenters. The summed E-state index contributed by atoms with van der Waals surface area (Å²) >= 11 is 7.65. The molecule has 2 aromatic rings. The van der Waals surface area contributed by atoms with Crippen LogP contribution in [0.3, 0.4) is 0 Å². The molecule has 0 fully saturated rings. The minimum absolute atomic E-state index is 0.000414. The van der Waals surface area contributed by atoms with E-state index < -0.39 is 0 Å². The number of hydrogen-bond donors (Lipinski definition) is 0. The van der Waals surface area contributed by atoms with Crippen LogP contribution in [-0.4, -0.2) is 12.4 Å². The number of carbonyl (C=O) groups excluding carboxylic acids is 1. The van der Waals surface area contributed by atoms with Crippen molar-refractivity contribution in [2.75, 3.05) is 6.61 Å².